The number of nitrogens with one attached hydrogen (secondary N) is 3. The van der Waals surface area contributed by atoms with Crippen LogP contribution in [0, 0.1) is 18.7 Å². The van der Waals surface area contributed by atoms with Crippen molar-refractivity contribution in [3.63, 3.8) is 0 Å². The number of rotatable bonds is 5. The average molecular weight is 560 g/mol. The first-order chi connectivity index (χ1) is 20.5. The molecule has 8 nitrogen and oxygen atoms in total. The van der Waals surface area contributed by atoms with Crippen molar-refractivity contribution in [3.05, 3.63) is 90.0 Å². The number of aromatic amines is 1. The molecule has 3 N–H and O–H groups in total. The monoisotopic (exact) mass is 559 g/mol. The maximum atomic E-state index is 16.6. The number of benzene rings is 1. The minimum absolute atomic E-state index is 0.0259. The largest absolute Gasteiger partial charge is 0.383 e. The molecule has 0 atom stereocenters. The van der Waals surface area contributed by atoms with Gasteiger partial charge in [-0.1, -0.05) is 25.0 Å². The molecule has 0 unspecified atom stereocenters. The van der Waals surface area contributed by atoms with Crippen LogP contribution in [-0.2, 0) is 4.79 Å². The zero-order chi connectivity index (χ0) is 28.6. The Bertz CT molecular complexity index is 1840. The molecule has 210 valence electrons. The third kappa shape index (κ3) is 4.81. The molecule has 1 aliphatic heterocycles. The van der Waals surface area contributed by atoms with E-state index in [9.17, 15) is 4.79 Å². The van der Waals surface area contributed by atoms with Gasteiger partial charge >= 0.3 is 0 Å². The maximum Gasteiger partial charge on any atom is 0.227 e. The zero-order valence-corrected chi connectivity index (χ0v) is 23.2. The van der Waals surface area contributed by atoms with Crippen LogP contribution in [0.4, 0.5) is 15.8 Å². The summed E-state index contributed by atoms with van der Waals surface area (Å²) in [4.78, 5) is 34.3. The summed E-state index contributed by atoms with van der Waals surface area (Å²) >= 11 is 0. The van der Waals surface area contributed by atoms with Gasteiger partial charge in [0.1, 0.15) is 11.5 Å². The molecule has 0 spiro atoms. The van der Waals surface area contributed by atoms with E-state index in [0.717, 1.165) is 47.9 Å². The molecule has 1 saturated carbocycles. The van der Waals surface area contributed by atoms with Crippen molar-refractivity contribution >= 4 is 34.0 Å². The number of hydrogen-bond acceptors (Lipinski definition) is 6. The number of aryl methyl sites for hydroxylation is 1. The second-order valence-electron chi connectivity index (χ2n) is 11.0. The van der Waals surface area contributed by atoms with Crippen molar-refractivity contribution in [2.24, 2.45) is 5.92 Å². The van der Waals surface area contributed by atoms with Gasteiger partial charge < -0.3 is 15.6 Å². The number of halogens is 1. The Morgan fingerprint density at radius 2 is 1.93 bits per heavy atom. The Hall–Kier alpha value is -4.92. The second-order valence-corrected chi connectivity index (χ2v) is 11.0. The predicted molar refractivity (Wildman–Crippen MR) is 162 cm³/mol. The lowest BCUT2D eigenvalue weighted by Gasteiger charge is -2.16. The van der Waals surface area contributed by atoms with Crippen molar-refractivity contribution < 1.29 is 9.18 Å². The molecular weight excluding hydrogens is 529 g/mol. The molecule has 1 amide bonds. The number of aromatic nitrogens is 5. The van der Waals surface area contributed by atoms with Crippen LogP contribution in [0.1, 0.15) is 49.1 Å². The molecule has 5 aromatic rings. The Balaban J connectivity index is 1.30. The quantitative estimate of drug-likeness (QED) is 0.216. The number of imidazole rings is 1. The molecule has 0 bridgehead atoms. The van der Waals surface area contributed by atoms with Crippen LogP contribution in [0.25, 0.3) is 39.1 Å². The molecule has 0 saturated heterocycles. The van der Waals surface area contributed by atoms with Gasteiger partial charge in [0.15, 0.2) is 11.5 Å². The fourth-order valence-electron chi connectivity index (χ4n) is 6.05. The first-order valence-electron chi connectivity index (χ1n) is 14.4. The van der Waals surface area contributed by atoms with Gasteiger partial charge in [0, 0.05) is 64.6 Å². The highest BCUT2D eigenvalue weighted by molar-refractivity contribution is 5.95. The SMILES string of the molecule is Cc1cc(NC(=O)C2CCCC2)cc(-c2ncc3c(c2F)C(c2nc4nccc(-c5cccnc5)c4[nH]2)=CCCN3)c1. The second kappa shape index (κ2) is 10.8. The maximum absolute atomic E-state index is 16.6. The van der Waals surface area contributed by atoms with Crippen LogP contribution in [0.2, 0.25) is 0 Å². The summed E-state index contributed by atoms with van der Waals surface area (Å²) in [7, 11) is 0. The molecule has 1 aromatic carbocycles. The highest BCUT2D eigenvalue weighted by Crippen LogP contribution is 2.38. The van der Waals surface area contributed by atoms with Crippen LogP contribution in [0.5, 0.6) is 0 Å². The number of carbonyl (C=O) groups is 1. The van der Waals surface area contributed by atoms with E-state index in [2.05, 4.69) is 30.6 Å². The number of pyridine rings is 3. The van der Waals surface area contributed by atoms with Crippen molar-refractivity contribution in [2.45, 2.75) is 39.0 Å². The van der Waals surface area contributed by atoms with Gasteiger partial charge in [-0.2, -0.15) is 0 Å². The zero-order valence-electron chi connectivity index (χ0n) is 23.2. The van der Waals surface area contributed by atoms with E-state index in [1.165, 1.54) is 0 Å². The summed E-state index contributed by atoms with van der Waals surface area (Å²) in [6.45, 7) is 2.57. The number of anilines is 2. The Morgan fingerprint density at radius 1 is 1.05 bits per heavy atom. The molecule has 4 aromatic heterocycles. The molecule has 1 fully saturated rings. The summed E-state index contributed by atoms with van der Waals surface area (Å²) in [5.74, 6) is 0.140. The van der Waals surface area contributed by atoms with Crippen LogP contribution >= 0.6 is 0 Å². The first-order valence-corrected chi connectivity index (χ1v) is 14.4. The fraction of sp³-hybridized carbons (Fsp3) is 0.242. The lowest BCUT2D eigenvalue weighted by Crippen LogP contribution is -2.20. The Kier molecular flexibility index (Phi) is 6.70. The number of carbonyl (C=O) groups excluding carboxylic acids is 1. The van der Waals surface area contributed by atoms with E-state index in [-0.39, 0.29) is 17.5 Å². The molecule has 0 radical (unpaired) electrons. The average Bonchev–Trinajstić information content (AvgIpc) is 3.64. The topological polar surface area (TPSA) is 108 Å². The molecular formula is C33H30FN7O. The van der Waals surface area contributed by atoms with Crippen molar-refractivity contribution in [1.82, 2.24) is 24.9 Å². The van der Waals surface area contributed by atoms with Gasteiger partial charge in [-0.05, 0) is 62.1 Å². The van der Waals surface area contributed by atoms with Crippen molar-refractivity contribution in [2.75, 3.05) is 17.2 Å². The molecule has 42 heavy (non-hydrogen) atoms. The summed E-state index contributed by atoms with van der Waals surface area (Å²) in [6.07, 6.45) is 13.6. The van der Waals surface area contributed by atoms with Crippen LogP contribution in [0.3, 0.4) is 0 Å². The molecule has 5 heterocycles. The third-order valence-electron chi connectivity index (χ3n) is 8.06. The lowest BCUT2D eigenvalue weighted by atomic mass is 9.99. The Labute approximate surface area is 242 Å². The number of nitrogens with zero attached hydrogens (tertiary/aromatic N) is 4. The standard InChI is InChI=1S/C33H30FN7O/c1-19-14-22(16-23(15-19)39-33(42)20-6-2-3-7-20)29-28(34)27-25(9-5-12-36-26(27)18-38-29)31-40-30-24(10-13-37-32(30)41-31)21-8-4-11-35-17-21/h4,8-11,13-18,20,36H,2-3,5-7,12H2,1H3,(H,39,42)(H,37,40,41). The number of fused-ring (bicyclic) bond motifs is 2. The van der Waals surface area contributed by atoms with Gasteiger partial charge in [0.2, 0.25) is 5.91 Å². The van der Waals surface area contributed by atoms with E-state index < -0.39 is 5.82 Å². The highest BCUT2D eigenvalue weighted by Gasteiger charge is 2.26. The van der Waals surface area contributed by atoms with Gasteiger partial charge in [-0.15, -0.1) is 0 Å². The summed E-state index contributed by atoms with van der Waals surface area (Å²) in [5, 5.41) is 6.37. The van der Waals surface area contributed by atoms with E-state index >= 15 is 4.39 Å². The van der Waals surface area contributed by atoms with Gasteiger partial charge in [-0.3, -0.25) is 14.8 Å². The van der Waals surface area contributed by atoms with E-state index in [1.54, 1.807) is 30.9 Å². The summed E-state index contributed by atoms with van der Waals surface area (Å²) in [6, 6.07) is 11.4. The van der Waals surface area contributed by atoms with Crippen molar-refractivity contribution in [1.29, 1.82) is 0 Å². The predicted octanol–water partition coefficient (Wildman–Crippen LogP) is 6.91. The lowest BCUT2D eigenvalue weighted by molar-refractivity contribution is -0.119. The van der Waals surface area contributed by atoms with Crippen LogP contribution in [0.15, 0.2) is 67.3 Å². The smallest absolute Gasteiger partial charge is 0.227 e. The van der Waals surface area contributed by atoms with E-state index in [1.807, 2.05) is 43.3 Å². The molecule has 2 aliphatic rings. The minimum Gasteiger partial charge on any atom is -0.383 e. The summed E-state index contributed by atoms with van der Waals surface area (Å²) in [5.41, 5.74) is 7.18. The van der Waals surface area contributed by atoms with Gasteiger partial charge in [0.05, 0.1) is 17.4 Å². The highest BCUT2D eigenvalue weighted by atomic mass is 19.1. The van der Waals surface area contributed by atoms with Crippen LogP contribution in [-0.4, -0.2) is 37.4 Å². The number of hydrogen-bond donors (Lipinski definition) is 3. The van der Waals surface area contributed by atoms with Gasteiger partial charge in [-0.25, -0.2) is 14.4 Å². The minimum atomic E-state index is -0.451. The Morgan fingerprint density at radius 3 is 2.76 bits per heavy atom. The first kappa shape index (κ1) is 26.0. The normalized spacial score (nSPS) is 15.1. The number of amides is 1. The molecule has 9 heteroatoms. The number of H-pyrrole nitrogens is 1. The third-order valence-corrected chi connectivity index (χ3v) is 8.06. The van der Waals surface area contributed by atoms with E-state index in [4.69, 9.17) is 4.98 Å². The molecule has 1 aliphatic carbocycles. The summed E-state index contributed by atoms with van der Waals surface area (Å²) < 4.78 is 16.6. The molecule has 7 rings (SSSR count). The van der Waals surface area contributed by atoms with Crippen molar-refractivity contribution in [3.8, 4) is 22.4 Å². The fourth-order valence-corrected chi connectivity index (χ4v) is 6.05. The van der Waals surface area contributed by atoms with Gasteiger partial charge in [0.25, 0.3) is 0 Å². The van der Waals surface area contributed by atoms with Crippen LogP contribution < -0.4 is 10.6 Å². The van der Waals surface area contributed by atoms with E-state index in [0.29, 0.717) is 52.5 Å².